The standard InChI is InChI=1S/C19H20ClF3N2O2S/c1-12-4-6-15(27-12)11-25(10-14-3-2-8-26-14)18(28)24-17-7-5-13(9-16(17)20)19(21,22)23/h4-7,9,14H,2-3,8,10-11H2,1H3,(H,24,28). The lowest BCUT2D eigenvalue weighted by Gasteiger charge is -2.27. The molecule has 0 spiro atoms. The Kier molecular flexibility index (Phi) is 6.52. The highest BCUT2D eigenvalue weighted by atomic mass is 35.5. The number of halogens is 4. The van der Waals surface area contributed by atoms with Crippen LogP contribution in [0.2, 0.25) is 5.02 Å². The number of benzene rings is 1. The summed E-state index contributed by atoms with van der Waals surface area (Å²) in [4.78, 5) is 1.87. The Morgan fingerprint density at radius 2 is 2.11 bits per heavy atom. The van der Waals surface area contributed by atoms with Crippen molar-refractivity contribution in [2.24, 2.45) is 0 Å². The van der Waals surface area contributed by atoms with Gasteiger partial charge in [0, 0.05) is 13.2 Å². The molecule has 1 aromatic heterocycles. The zero-order chi connectivity index (χ0) is 20.3. The molecule has 28 heavy (non-hydrogen) atoms. The zero-order valence-corrected chi connectivity index (χ0v) is 16.8. The number of nitrogens with zero attached hydrogens (tertiary/aromatic N) is 1. The first kappa shape index (κ1) is 21.0. The minimum atomic E-state index is -4.45. The number of furan rings is 1. The van der Waals surface area contributed by atoms with Crippen LogP contribution in [0.4, 0.5) is 18.9 Å². The third-order valence-corrected chi connectivity index (χ3v) is 5.09. The molecule has 0 amide bonds. The smallest absolute Gasteiger partial charge is 0.416 e. The normalized spacial score (nSPS) is 17.0. The third-order valence-electron chi connectivity index (χ3n) is 4.42. The average Bonchev–Trinajstić information content (AvgIpc) is 3.27. The number of aryl methyl sites for hydroxylation is 1. The Morgan fingerprint density at radius 1 is 1.32 bits per heavy atom. The Bertz CT molecular complexity index is 835. The number of alkyl halides is 3. The maximum absolute atomic E-state index is 12.8. The van der Waals surface area contributed by atoms with Crippen LogP contribution in [0.25, 0.3) is 0 Å². The summed E-state index contributed by atoms with van der Waals surface area (Å²) in [5.74, 6) is 1.52. The fourth-order valence-electron chi connectivity index (χ4n) is 3.00. The summed E-state index contributed by atoms with van der Waals surface area (Å²) in [6.45, 7) is 3.53. The van der Waals surface area contributed by atoms with Gasteiger partial charge in [-0.15, -0.1) is 0 Å². The Morgan fingerprint density at radius 3 is 2.68 bits per heavy atom. The Labute approximate surface area is 171 Å². The van der Waals surface area contributed by atoms with Crippen molar-refractivity contribution >= 4 is 34.6 Å². The minimum absolute atomic E-state index is 0.0406. The molecule has 3 rings (SSSR count). The number of rotatable bonds is 5. The molecule has 0 saturated carbocycles. The van der Waals surface area contributed by atoms with Crippen LogP contribution in [0.3, 0.4) is 0 Å². The highest BCUT2D eigenvalue weighted by molar-refractivity contribution is 7.80. The molecule has 4 nitrogen and oxygen atoms in total. The predicted molar refractivity (Wildman–Crippen MR) is 106 cm³/mol. The number of hydrogen-bond acceptors (Lipinski definition) is 3. The van der Waals surface area contributed by atoms with Crippen LogP contribution in [0.15, 0.2) is 34.7 Å². The summed E-state index contributed by atoms with van der Waals surface area (Å²) < 4.78 is 49.8. The van der Waals surface area contributed by atoms with Gasteiger partial charge in [0.1, 0.15) is 11.5 Å². The molecule has 1 aromatic carbocycles. The molecule has 1 aliphatic heterocycles. The van der Waals surface area contributed by atoms with Crippen LogP contribution in [0.1, 0.15) is 29.9 Å². The van der Waals surface area contributed by atoms with Gasteiger partial charge in [0.2, 0.25) is 0 Å². The van der Waals surface area contributed by atoms with Gasteiger partial charge in [0.25, 0.3) is 0 Å². The van der Waals surface area contributed by atoms with Gasteiger partial charge < -0.3 is 19.4 Å². The van der Waals surface area contributed by atoms with Crippen LogP contribution < -0.4 is 5.32 Å². The van der Waals surface area contributed by atoms with Crippen molar-refractivity contribution in [2.75, 3.05) is 18.5 Å². The van der Waals surface area contributed by atoms with Crippen molar-refractivity contribution in [3.05, 3.63) is 52.4 Å². The number of ether oxygens (including phenoxy) is 1. The second kappa shape index (κ2) is 8.71. The van der Waals surface area contributed by atoms with Gasteiger partial charge in [0.15, 0.2) is 5.11 Å². The number of anilines is 1. The fourth-order valence-corrected chi connectivity index (χ4v) is 3.48. The van der Waals surface area contributed by atoms with E-state index in [0.717, 1.165) is 36.5 Å². The van der Waals surface area contributed by atoms with Crippen molar-refractivity contribution in [2.45, 2.75) is 38.6 Å². The first-order valence-electron chi connectivity index (χ1n) is 8.82. The molecule has 152 valence electrons. The van der Waals surface area contributed by atoms with E-state index in [0.29, 0.717) is 30.5 Å². The molecule has 1 unspecified atom stereocenters. The molecular formula is C19H20ClF3N2O2S. The first-order valence-corrected chi connectivity index (χ1v) is 9.60. The fraction of sp³-hybridized carbons (Fsp3) is 0.421. The van der Waals surface area contributed by atoms with Crippen molar-refractivity contribution in [3.8, 4) is 0 Å². The molecule has 0 aliphatic carbocycles. The average molecular weight is 433 g/mol. The summed E-state index contributed by atoms with van der Waals surface area (Å²) in [5, 5.41) is 3.24. The Balaban J connectivity index is 1.74. The van der Waals surface area contributed by atoms with Gasteiger partial charge >= 0.3 is 6.18 Å². The quantitative estimate of drug-likeness (QED) is 0.619. The van der Waals surface area contributed by atoms with Crippen LogP contribution in [0, 0.1) is 6.92 Å². The molecule has 1 aliphatic rings. The number of nitrogens with one attached hydrogen (secondary N) is 1. The molecule has 2 heterocycles. The molecule has 1 atom stereocenters. The van der Waals surface area contributed by atoms with Gasteiger partial charge in [-0.2, -0.15) is 13.2 Å². The number of hydrogen-bond donors (Lipinski definition) is 1. The van der Waals surface area contributed by atoms with E-state index >= 15 is 0 Å². The lowest BCUT2D eigenvalue weighted by molar-refractivity contribution is -0.137. The topological polar surface area (TPSA) is 37.6 Å². The van der Waals surface area contributed by atoms with Crippen LogP contribution in [0.5, 0.6) is 0 Å². The monoisotopic (exact) mass is 432 g/mol. The van der Waals surface area contributed by atoms with Gasteiger partial charge in [-0.05, 0) is 62.3 Å². The van der Waals surface area contributed by atoms with E-state index in [9.17, 15) is 13.2 Å². The second-order valence-electron chi connectivity index (χ2n) is 6.65. The van der Waals surface area contributed by atoms with E-state index in [-0.39, 0.29) is 11.1 Å². The van der Waals surface area contributed by atoms with E-state index < -0.39 is 11.7 Å². The number of thiocarbonyl (C=S) groups is 1. The van der Waals surface area contributed by atoms with Crippen LogP contribution in [-0.4, -0.2) is 29.3 Å². The van der Waals surface area contributed by atoms with E-state index in [1.54, 1.807) is 0 Å². The third kappa shape index (κ3) is 5.40. The van der Waals surface area contributed by atoms with Gasteiger partial charge in [0.05, 0.1) is 28.9 Å². The minimum Gasteiger partial charge on any atom is -0.464 e. The van der Waals surface area contributed by atoms with Crippen molar-refractivity contribution in [1.82, 2.24) is 4.90 Å². The van der Waals surface area contributed by atoms with Gasteiger partial charge in [-0.25, -0.2) is 0 Å². The van der Waals surface area contributed by atoms with E-state index in [1.165, 1.54) is 6.07 Å². The summed E-state index contributed by atoms with van der Waals surface area (Å²) in [5.41, 5.74) is -0.496. The lowest BCUT2D eigenvalue weighted by Crippen LogP contribution is -2.39. The van der Waals surface area contributed by atoms with Crippen molar-refractivity contribution < 1.29 is 22.3 Å². The van der Waals surface area contributed by atoms with Crippen molar-refractivity contribution in [1.29, 1.82) is 0 Å². The molecule has 1 saturated heterocycles. The van der Waals surface area contributed by atoms with E-state index in [4.69, 9.17) is 33.0 Å². The SMILES string of the molecule is Cc1ccc(CN(CC2CCCO2)C(=S)Nc2ccc(C(F)(F)F)cc2Cl)o1. The summed E-state index contributed by atoms with van der Waals surface area (Å²) in [6, 6.07) is 6.86. The van der Waals surface area contributed by atoms with E-state index in [1.807, 2.05) is 24.0 Å². The second-order valence-corrected chi connectivity index (χ2v) is 7.44. The molecule has 9 heteroatoms. The maximum atomic E-state index is 12.8. The predicted octanol–water partition coefficient (Wildman–Crippen LogP) is 5.64. The summed E-state index contributed by atoms with van der Waals surface area (Å²) >= 11 is 11.5. The molecule has 2 aromatic rings. The van der Waals surface area contributed by atoms with E-state index in [2.05, 4.69) is 5.32 Å². The van der Waals surface area contributed by atoms with Gasteiger partial charge in [-0.3, -0.25) is 0 Å². The summed E-state index contributed by atoms with van der Waals surface area (Å²) in [6.07, 6.45) is -2.49. The molecule has 0 bridgehead atoms. The summed E-state index contributed by atoms with van der Waals surface area (Å²) in [7, 11) is 0. The Hall–Kier alpha value is -1.77. The lowest BCUT2D eigenvalue weighted by atomic mass is 10.2. The van der Waals surface area contributed by atoms with Crippen LogP contribution >= 0.6 is 23.8 Å². The van der Waals surface area contributed by atoms with Crippen molar-refractivity contribution in [3.63, 3.8) is 0 Å². The zero-order valence-electron chi connectivity index (χ0n) is 15.2. The molecule has 1 fully saturated rings. The maximum Gasteiger partial charge on any atom is 0.416 e. The first-order chi connectivity index (χ1) is 13.2. The molecule has 0 radical (unpaired) electrons. The van der Waals surface area contributed by atoms with Gasteiger partial charge in [-0.1, -0.05) is 11.6 Å². The van der Waals surface area contributed by atoms with Crippen LogP contribution in [-0.2, 0) is 17.5 Å². The molecular weight excluding hydrogens is 413 g/mol. The molecule has 1 N–H and O–H groups in total. The highest BCUT2D eigenvalue weighted by Crippen LogP contribution is 2.34. The largest absolute Gasteiger partial charge is 0.464 e. The highest BCUT2D eigenvalue weighted by Gasteiger charge is 2.31.